The van der Waals surface area contributed by atoms with Crippen LogP contribution in [0.3, 0.4) is 0 Å². The van der Waals surface area contributed by atoms with Crippen LogP contribution in [0, 0.1) is 11.3 Å². The van der Waals surface area contributed by atoms with Crippen molar-refractivity contribution in [3.63, 3.8) is 0 Å². The van der Waals surface area contributed by atoms with Crippen LogP contribution in [0.4, 0.5) is 0 Å². The standard InChI is InChI=1S/C16H19BrN2O3/c17-11-5-12(14(18-6-11)22-8-10-1-2-10)15(21)19-7-13(20)16(9-19)3-4-16/h5-6,10,13,20H,1-4,7-9H2. The molecule has 118 valence electrons. The molecule has 1 aromatic heterocycles. The summed E-state index contributed by atoms with van der Waals surface area (Å²) in [4.78, 5) is 18.8. The maximum absolute atomic E-state index is 12.8. The van der Waals surface area contributed by atoms with E-state index in [0.717, 1.165) is 17.3 Å². The van der Waals surface area contributed by atoms with Gasteiger partial charge in [0.05, 0.1) is 12.7 Å². The fourth-order valence-electron chi connectivity index (χ4n) is 3.11. The fraction of sp³-hybridized carbons (Fsp3) is 0.625. The first-order valence-electron chi connectivity index (χ1n) is 7.83. The zero-order chi connectivity index (χ0) is 15.3. The van der Waals surface area contributed by atoms with Gasteiger partial charge in [-0.25, -0.2) is 4.98 Å². The minimum absolute atomic E-state index is 0.0376. The van der Waals surface area contributed by atoms with Crippen LogP contribution in [0.2, 0.25) is 0 Å². The van der Waals surface area contributed by atoms with Gasteiger partial charge < -0.3 is 14.7 Å². The van der Waals surface area contributed by atoms with Crippen molar-refractivity contribution in [1.82, 2.24) is 9.88 Å². The van der Waals surface area contributed by atoms with Crippen molar-refractivity contribution in [3.8, 4) is 5.88 Å². The second kappa shape index (κ2) is 5.20. The van der Waals surface area contributed by atoms with E-state index >= 15 is 0 Å². The smallest absolute Gasteiger partial charge is 0.259 e. The lowest BCUT2D eigenvalue weighted by Gasteiger charge is -2.18. The molecule has 5 nitrogen and oxygen atoms in total. The molecule has 1 saturated heterocycles. The van der Waals surface area contributed by atoms with E-state index in [4.69, 9.17) is 4.74 Å². The minimum atomic E-state index is -0.396. The summed E-state index contributed by atoms with van der Waals surface area (Å²) in [5.41, 5.74) is 0.448. The van der Waals surface area contributed by atoms with Crippen LogP contribution < -0.4 is 4.74 Å². The van der Waals surface area contributed by atoms with Gasteiger partial charge in [-0.2, -0.15) is 0 Å². The third kappa shape index (κ3) is 2.63. The SMILES string of the molecule is O=C(c1cc(Br)cnc1OCC1CC1)N1CC(O)C2(CC2)C1. The summed E-state index contributed by atoms with van der Waals surface area (Å²) in [5.74, 6) is 0.922. The normalized spacial score (nSPS) is 25.5. The summed E-state index contributed by atoms with van der Waals surface area (Å²) in [5, 5.41) is 10.1. The Kier molecular flexibility index (Phi) is 3.42. The largest absolute Gasteiger partial charge is 0.477 e. The van der Waals surface area contributed by atoms with E-state index in [1.807, 2.05) is 0 Å². The highest BCUT2D eigenvalue weighted by molar-refractivity contribution is 9.10. The molecule has 1 aromatic rings. The second-order valence-corrected chi connectivity index (χ2v) is 7.74. The van der Waals surface area contributed by atoms with Crippen LogP contribution in [-0.2, 0) is 0 Å². The summed E-state index contributed by atoms with van der Waals surface area (Å²) < 4.78 is 6.51. The minimum Gasteiger partial charge on any atom is -0.477 e. The lowest BCUT2D eigenvalue weighted by Crippen LogP contribution is -2.30. The lowest BCUT2D eigenvalue weighted by atomic mass is 10.0. The number of β-amino-alcohol motifs (C(OH)–C–C–N with tert-alkyl or cyclic N) is 1. The van der Waals surface area contributed by atoms with Gasteiger partial charge in [-0.1, -0.05) is 0 Å². The molecule has 4 rings (SSSR count). The predicted molar refractivity (Wildman–Crippen MR) is 83.7 cm³/mol. The van der Waals surface area contributed by atoms with Crippen LogP contribution in [0.15, 0.2) is 16.7 Å². The second-order valence-electron chi connectivity index (χ2n) is 6.82. The first-order chi connectivity index (χ1) is 10.6. The maximum Gasteiger partial charge on any atom is 0.259 e. The molecule has 1 spiro atoms. The Balaban J connectivity index is 1.54. The monoisotopic (exact) mass is 366 g/mol. The molecule has 6 heteroatoms. The molecule has 1 atom stereocenters. The zero-order valence-corrected chi connectivity index (χ0v) is 13.9. The average molecular weight is 367 g/mol. The fourth-order valence-corrected chi connectivity index (χ4v) is 3.44. The van der Waals surface area contributed by atoms with Crippen molar-refractivity contribution in [3.05, 3.63) is 22.3 Å². The van der Waals surface area contributed by atoms with E-state index in [9.17, 15) is 9.90 Å². The Bertz CT molecular complexity index is 613. The Morgan fingerprint density at radius 1 is 1.50 bits per heavy atom. The molecule has 1 aliphatic heterocycles. The Morgan fingerprint density at radius 3 is 2.91 bits per heavy atom. The van der Waals surface area contributed by atoms with Crippen molar-refractivity contribution in [2.24, 2.45) is 11.3 Å². The van der Waals surface area contributed by atoms with E-state index in [2.05, 4.69) is 20.9 Å². The Hall–Kier alpha value is -1.14. The molecule has 1 N–H and O–H groups in total. The van der Waals surface area contributed by atoms with E-state index in [1.165, 1.54) is 12.8 Å². The number of carbonyl (C=O) groups is 1. The molecule has 1 amide bonds. The zero-order valence-electron chi connectivity index (χ0n) is 12.3. The van der Waals surface area contributed by atoms with Gasteiger partial charge in [0.25, 0.3) is 5.91 Å². The van der Waals surface area contributed by atoms with E-state index in [0.29, 0.717) is 37.1 Å². The summed E-state index contributed by atoms with van der Waals surface area (Å²) in [6, 6.07) is 1.77. The van der Waals surface area contributed by atoms with E-state index in [-0.39, 0.29) is 11.3 Å². The number of aliphatic hydroxyl groups is 1. The quantitative estimate of drug-likeness (QED) is 0.887. The van der Waals surface area contributed by atoms with Crippen molar-refractivity contribution in [2.45, 2.75) is 31.8 Å². The predicted octanol–water partition coefficient (Wildman–Crippen LogP) is 2.23. The topological polar surface area (TPSA) is 62.7 Å². The van der Waals surface area contributed by atoms with Crippen LogP contribution in [0.5, 0.6) is 5.88 Å². The van der Waals surface area contributed by atoms with Gasteiger partial charge in [0.1, 0.15) is 5.56 Å². The highest BCUT2D eigenvalue weighted by atomic mass is 79.9. The number of pyridine rings is 1. The number of aromatic nitrogens is 1. The van der Waals surface area contributed by atoms with Gasteiger partial charge in [0.2, 0.25) is 5.88 Å². The number of halogens is 1. The first kappa shape index (κ1) is 14.5. The number of likely N-dealkylation sites (tertiary alicyclic amines) is 1. The Labute approximate surface area is 137 Å². The third-order valence-electron chi connectivity index (χ3n) is 4.99. The molecule has 0 radical (unpaired) electrons. The van der Waals surface area contributed by atoms with E-state index < -0.39 is 6.10 Å². The van der Waals surface area contributed by atoms with Crippen molar-refractivity contribution in [2.75, 3.05) is 19.7 Å². The number of amides is 1. The summed E-state index contributed by atoms with van der Waals surface area (Å²) in [7, 11) is 0. The average Bonchev–Trinajstić information content (AvgIpc) is 3.39. The number of nitrogens with zero attached hydrogens (tertiary/aromatic N) is 2. The molecule has 0 bridgehead atoms. The Morgan fingerprint density at radius 2 is 2.27 bits per heavy atom. The first-order valence-corrected chi connectivity index (χ1v) is 8.62. The van der Waals surface area contributed by atoms with Gasteiger partial charge in [0.15, 0.2) is 0 Å². The molecule has 2 saturated carbocycles. The van der Waals surface area contributed by atoms with Gasteiger partial charge >= 0.3 is 0 Å². The summed E-state index contributed by atoms with van der Waals surface area (Å²) in [6.45, 7) is 1.68. The lowest BCUT2D eigenvalue weighted by molar-refractivity contribution is 0.0758. The number of hydrogen-bond acceptors (Lipinski definition) is 4. The maximum atomic E-state index is 12.8. The molecule has 1 unspecified atom stereocenters. The summed E-state index contributed by atoms with van der Waals surface area (Å²) >= 11 is 3.37. The van der Waals surface area contributed by atoms with E-state index in [1.54, 1.807) is 17.2 Å². The molecule has 2 aliphatic carbocycles. The number of ether oxygens (including phenoxy) is 1. The van der Waals surface area contributed by atoms with Crippen molar-refractivity contribution in [1.29, 1.82) is 0 Å². The van der Waals surface area contributed by atoms with Crippen LogP contribution in [-0.4, -0.2) is 46.7 Å². The molecule has 3 fully saturated rings. The van der Waals surface area contributed by atoms with Gasteiger partial charge in [-0.15, -0.1) is 0 Å². The molecule has 2 heterocycles. The molecule has 22 heavy (non-hydrogen) atoms. The van der Waals surface area contributed by atoms with Crippen molar-refractivity contribution >= 4 is 21.8 Å². The van der Waals surface area contributed by atoms with Crippen molar-refractivity contribution < 1.29 is 14.6 Å². The highest BCUT2D eigenvalue weighted by Crippen LogP contribution is 2.53. The van der Waals surface area contributed by atoms with Gasteiger partial charge in [0, 0.05) is 29.2 Å². The highest BCUT2D eigenvalue weighted by Gasteiger charge is 2.55. The summed E-state index contributed by atoms with van der Waals surface area (Å²) in [6.07, 6.45) is 5.67. The van der Waals surface area contributed by atoms with Gasteiger partial charge in [-0.3, -0.25) is 4.79 Å². The molecular weight excluding hydrogens is 348 g/mol. The number of rotatable bonds is 4. The third-order valence-corrected chi connectivity index (χ3v) is 5.42. The molecule has 3 aliphatic rings. The molecule has 0 aromatic carbocycles. The van der Waals surface area contributed by atoms with Crippen LogP contribution in [0.1, 0.15) is 36.0 Å². The number of aliphatic hydroxyl groups excluding tert-OH is 1. The van der Waals surface area contributed by atoms with Crippen LogP contribution >= 0.6 is 15.9 Å². The number of carbonyl (C=O) groups excluding carboxylic acids is 1. The van der Waals surface area contributed by atoms with Crippen LogP contribution in [0.25, 0.3) is 0 Å². The molecular formula is C16H19BrN2O3. The number of hydrogen-bond donors (Lipinski definition) is 1. The van der Waals surface area contributed by atoms with Gasteiger partial charge in [-0.05, 0) is 53.6 Å².